The van der Waals surface area contributed by atoms with Crippen molar-refractivity contribution >= 4 is 18.0 Å². The zero-order valence-corrected chi connectivity index (χ0v) is 14.5. The minimum atomic E-state index is -0.503. The van der Waals surface area contributed by atoms with Crippen LogP contribution in [-0.2, 0) is 9.59 Å². The average molecular weight is 337 g/mol. The molecule has 0 aliphatic rings. The molecule has 0 spiro atoms. The molecule has 8 nitrogen and oxygen atoms in total. The summed E-state index contributed by atoms with van der Waals surface area (Å²) < 4.78 is 15.7. The third-order valence-electron chi connectivity index (χ3n) is 2.86. The highest BCUT2D eigenvalue weighted by Gasteiger charge is 2.12. The van der Waals surface area contributed by atoms with E-state index in [1.165, 1.54) is 27.5 Å². The molecule has 0 radical (unpaired) electrons. The largest absolute Gasteiger partial charge is 0.493 e. The molecule has 2 N–H and O–H groups in total. The lowest BCUT2D eigenvalue weighted by molar-refractivity contribution is -0.129. The number of hydrogen-bond donors (Lipinski definition) is 2. The summed E-state index contributed by atoms with van der Waals surface area (Å²) in [5.74, 6) is 0.552. The first-order valence-corrected chi connectivity index (χ1v) is 7.32. The Morgan fingerprint density at radius 3 is 2.12 bits per heavy atom. The maximum absolute atomic E-state index is 11.6. The summed E-state index contributed by atoms with van der Waals surface area (Å²) in [7, 11) is 4.53. The molecule has 132 valence electrons. The first-order chi connectivity index (χ1) is 11.4. The number of carbonyl (C=O) groups is 2. The molecule has 24 heavy (non-hydrogen) atoms. The normalized spacial score (nSPS) is 10.6. The Hall–Kier alpha value is -2.77. The highest BCUT2D eigenvalue weighted by molar-refractivity contribution is 5.97. The van der Waals surface area contributed by atoms with Crippen molar-refractivity contribution in [1.82, 2.24) is 10.7 Å². The molecule has 1 aromatic carbocycles. The van der Waals surface area contributed by atoms with Gasteiger partial charge in [0, 0.05) is 11.6 Å². The van der Waals surface area contributed by atoms with Crippen LogP contribution in [0.25, 0.3) is 0 Å². The zero-order valence-electron chi connectivity index (χ0n) is 14.5. The summed E-state index contributed by atoms with van der Waals surface area (Å²) in [5, 5.41) is 6.45. The molecule has 0 aliphatic carbocycles. The first-order valence-electron chi connectivity index (χ1n) is 7.32. The number of hydrogen-bond acceptors (Lipinski definition) is 6. The van der Waals surface area contributed by atoms with Gasteiger partial charge in [0.1, 0.15) is 6.42 Å². The van der Waals surface area contributed by atoms with Gasteiger partial charge in [0.15, 0.2) is 11.5 Å². The molecule has 0 saturated carbocycles. The fraction of sp³-hybridized carbons (Fsp3) is 0.438. The number of methoxy groups -OCH3 is 3. The third-order valence-corrected chi connectivity index (χ3v) is 2.86. The van der Waals surface area contributed by atoms with Crippen LogP contribution in [0.1, 0.15) is 25.8 Å². The highest BCUT2D eigenvalue weighted by Crippen LogP contribution is 2.37. The molecule has 0 saturated heterocycles. The zero-order chi connectivity index (χ0) is 18.1. The van der Waals surface area contributed by atoms with Crippen molar-refractivity contribution in [2.75, 3.05) is 21.3 Å². The Morgan fingerprint density at radius 2 is 1.67 bits per heavy atom. The average Bonchev–Trinajstić information content (AvgIpc) is 2.52. The lowest BCUT2D eigenvalue weighted by atomic mass is 10.2. The lowest BCUT2D eigenvalue weighted by Crippen LogP contribution is -2.34. The van der Waals surface area contributed by atoms with Gasteiger partial charge in [0.05, 0.1) is 27.5 Å². The van der Waals surface area contributed by atoms with Gasteiger partial charge in [-0.25, -0.2) is 5.43 Å². The number of amides is 2. The molecule has 1 rings (SSSR count). The van der Waals surface area contributed by atoms with Gasteiger partial charge in [0.25, 0.3) is 0 Å². The summed E-state index contributed by atoms with van der Waals surface area (Å²) in [6.07, 6.45) is 1.13. The van der Waals surface area contributed by atoms with Gasteiger partial charge >= 0.3 is 0 Å². The van der Waals surface area contributed by atoms with E-state index in [4.69, 9.17) is 14.2 Å². The van der Waals surface area contributed by atoms with Crippen molar-refractivity contribution in [1.29, 1.82) is 0 Å². The van der Waals surface area contributed by atoms with Crippen LogP contribution >= 0.6 is 0 Å². The minimum Gasteiger partial charge on any atom is -0.493 e. The number of benzene rings is 1. The summed E-state index contributed by atoms with van der Waals surface area (Å²) >= 11 is 0. The molecule has 0 heterocycles. The number of hydrazone groups is 1. The van der Waals surface area contributed by atoms with Gasteiger partial charge < -0.3 is 19.5 Å². The van der Waals surface area contributed by atoms with Crippen LogP contribution in [0, 0.1) is 0 Å². The Labute approximate surface area is 141 Å². The van der Waals surface area contributed by atoms with Crippen LogP contribution in [-0.4, -0.2) is 45.4 Å². The van der Waals surface area contributed by atoms with Crippen molar-refractivity contribution in [3.05, 3.63) is 17.7 Å². The second kappa shape index (κ2) is 9.39. The van der Waals surface area contributed by atoms with E-state index in [0.717, 1.165) is 0 Å². The van der Waals surface area contributed by atoms with E-state index in [0.29, 0.717) is 22.8 Å². The van der Waals surface area contributed by atoms with Crippen molar-refractivity contribution in [2.24, 2.45) is 5.10 Å². The van der Waals surface area contributed by atoms with E-state index >= 15 is 0 Å². The SMILES string of the molecule is COc1cc(/C=N/NC(=O)CC(=O)NC(C)C)cc(OC)c1OC. The first kappa shape index (κ1) is 19.3. The predicted octanol–water partition coefficient (Wildman–Crippen LogP) is 1.08. The van der Waals surface area contributed by atoms with E-state index in [1.54, 1.807) is 12.1 Å². The van der Waals surface area contributed by atoms with Crippen molar-refractivity contribution in [3.8, 4) is 17.2 Å². The van der Waals surface area contributed by atoms with E-state index in [2.05, 4.69) is 15.8 Å². The van der Waals surface area contributed by atoms with Crippen molar-refractivity contribution < 1.29 is 23.8 Å². The van der Waals surface area contributed by atoms with E-state index < -0.39 is 5.91 Å². The molecule has 0 unspecified atom stereocenters. The Kier molecular flexibility index (Phi) is 7.54. The molecule has 0 bridgehead atoms. The van der Waals surface area contributed by atoms with Crippen molar-refractivity contribution in [3.63, 3.8) is 0 Å². The van der Waals surface area contributed by atoms with Gasteiger partial charge in [-0.2, -0.15) is 5.10 Å². The summed E-state index contributed by atoms with van der Waals surface area (Å²) in [5.41, 5.74) is 2.93. The number of nitrogens with one attached hydrogen (secondary N) is 2. The smallest absolute Gasteiger partial charge is 0.249 e. The number of carbonyl (C=O) groups excluding carboxylic acids is 2. The molecular formula is C16H23N3O5. The topological polar surface area (TPSA) is 98.2 Å². The molecule has 2 amide bonds. The third kappa shape index (κ3) is 5.79. The molecule has 0 aliphatic heterocycles. The van der Waals surface area contributed by atoms with Crippen LogP contribution in [0.5, 0.6) is 17.2 Å². The molecular weight excluding hydrogens is 314 g/mol. The van der Waals surface area contributed by atoms with E-state index in [-0.39, 0.29) is 18.4 Å². The van der Waals surface area contributed by atoms with Crippen molar-refractivity contribution in [2.45, 2.75) is 26.3 Å². The maximum atomic E-state index is 11.6. The highest BCUT2D eigenvalue weighted by atomic mass is 16.5. The monoisotopic (exact) mass is 337 g/mol. The maximum Gasteiger partial charge on any atom is 0.249 e. The lowest BCUT2D eigenvalue weighted by Gasteiger charge is -2.12. The van der Waals surface area contributed by atoms with Gasteiger partial charge in [-0.05, 0) is 26.0 Å². The van der Waals surface area contributed by atoms with Gasteiger partial charge in [0.2, 0.25) is 17.6 Å². The number of nitrogens with zero attached hydrogens (tertiary/aromatic N) is 1. The summed E-state index contributed by atoms with van der Waals surface area (Å²) in [6, 6.07) is 3.35. The second-order valence-electron chi connectivity index (χ2n) is 5.15. The Bertz CT molecular complexity index is 589. The minimum absolute atomic E-state index is 0.0203. The van der Waals surface area contributed by atoms with Crippen LogP contribution in [0.4, 0.5) is 0 Å². The molecule has 0 aromatic heterocycles. The quantitative estimate of drug-likeness (QED) is 0.420. The fourth-order valence-corrected chi connectivity index (χ4v) is 1.91. The number of ether oxygens (including phenoxy) is 3. The van der Waals surface area contributed by atoms with Gasteiger partial charge in [-0.1, -0.05) is 0 Å². The van der Waals surface area contributed by atoms with Crippen LogP contribution in [0.2, 0.25) is 0 Å². The summed E-state index contributed by atoms with van der Waals surface area (Å²) in [4.78, 5) is 23.1. The van der Waals surface area contributed by atoms with Crippen LogP contribution in [0.15, 0.2) is 17.2 Å². The van der Waals surface area contributed by atoms with Gasteiger partial charge in [-0.15, -0.1) is 0 Å². The van der Waals surface area contributed by atoms with Crippen LogP contribution < -0.4 is 25.0 Å². The Balaban J connectivity index is 2.73. The second-order valence-corrected chi connectivity index (χ2v) is 5.15. The standard InChI is InChI=1S/C16H23N3O5/c1-10(2)18-14(20)8-15(21)19-17-9-11-6-12(22-3)16(24-5)13(7-11)23-4/h6-7,9-10H,8H2,1-5H3,(H,18,20)(H,19,21)/b17-9+. The molecule has 0 fully saturated rings. The van der Waals surface area contributed by atoms with E-state index in [1.807, 2.05) is 13.8 Å². The molecule has 0 atom stereocenters. The van der Waals surface area contributed by atoms with E-state index in [9.17, 15) is 9.59 Å². The molecule has 1 aromatic rings. The summed E-state index contributed by atoms with van der Waals surface area (Å²) in [6.45, 7) is 3.64. The fourth-order valence-electron chi connectivity index (χ4n) is 1.91. The Morgan fingerprint density at radius 1 is 1.08 bits per heavy atom. The molecule has 8 heteroatoms. The predicted molar refractivity (Wildman–Crippen MR) is 89.7 cm³/mol. The van der Waals surface area contributed by atoms with Crippen LogP contribution in [0.3, 0.4) is 0 Å². The van der Waals surface area contributed by atoms with Gasteiger partial charge in [-0.3, -0.25) is 9.59 Å². The number of rotatable bonds is 8.